The first kappa shape index (κ1) is 8.42. The molecule has 0 aromatic carbocycles. The van der Waals surface area contributed by atoms with E-state index in [0.717, 1.165) is 31.0 Å². The lowest BCUT2D eigenvalue weighted by Crippen LogP contribution is -2.44. The molecule has 1 aliphatic carbocycles. The minimum Gasteiger partial charge on any atom is -0.332 e. The third kappa shape index (κ3) is 1.24. The molecule has 0 atom stereocenters. The molecule has 1 amide bonds. The molecule has 0 unspecified atom stereocenters. The van der Waals surface area contributed by atoms with Gasteiger partial charge in [-0.1, -0.05) is 13.3 Å². The quantitative estimate of drug-likeness (QED) is 0.620. The molecule has 0 N–H and O–H groups in total. The fraction of sp³-hybridized carbons (Fsp3) is 0.889. The summed E-state index contributed by atoms with van der Waals surface area (Å²) in [5.41, 5.74) is 0.0188. The molecule has 2 nitrogen and oxygen atoms in total. The second-order valence-corrected chi connectivity index (χ2v) is 5.09. The lowest BCUT2D eigenvalue weighted by Gasteiger charge is -2.39. The molecule has 68 valence electrons. The standard InChI is InChI=1S/C9H15NOS/c1-9(3-2-4-9)8(11)10-5-6-12-7-10/h2-7H2,1H3. The van der Waals surface area contributed by atoms with Crippen molar-refractivity contribution in [1.29, 1.82) is 0 Å². The first-order chi connectivity index (χ1) is 5.72. The molecule has 0 aromatic rings. The van der Waals surface area contributed by atoms with Gasteiger partial charge in [-0.25, -0.2) is 0 Å². The Balaban J connectivity index is 1.98. The zero-order valence-corrected chi connectivity index (χ0v) is 8.32. The number of hydrogen-bond donors (Lipinski definition) is 0. The van der Waals surface area contributed by atoms with Gasteiger partial charge in [-0.05, 0) is 12.8 Å². The Labute approximate surface area is 77.7 Å². The largest absolute Gasteiger partial charge is 0.332 e. The van der Waals surface area contributed by atoms with Gasteiger partial charge in [0.15, 0.2) is 0 Å². The Morgan fingerprint density at radius 2 is 2.25 bits per heavy atom. The fourth-order valence-electron chi connectivity index (χ4n) is 1.88. The Morgan fingerprint density at radius 3 is 2.67 bits per heavy atom. The van der Waals surface area contributed by atoms with Crippen LogP contribution in [0.1, 0.15) is 26.2 Å². The predicted octanol–water partition coefficient (Wildman–Crippen LogP) is 1.71. The monoisotopic (exact) mass is 185 g/mol. The average molecular weight is 185 g/mol. The van der Waals surface area contributed by atoms with Crippen LogP contribution < -0.4 is 0 Å². The second kappa shape index (κ2) is 2.95. The molecule has 12 heavy (non-hydrogen) atoms. The maximum absolute atomic E-state index is 11.9. The summed E-state index contributed by atoms with van der Waals surface area (Å²) in [4.78, 5) is 13.9. The van der Waals surface area contributed by atoms with Crippen LogP contribution in [0.15, 0.2) is 0 Å². The SMILES string of the molecule is CC1(C(=O)N2CCSC2)CCC1. The van der Waals surface area contributed by atoms with Gasteiger partial charge in [0, 0.05) is 17.7 Å². The van der Waals surface area contributed by atoms with Gasteiger partial charge in [-0.2, -0.15) is 0 Å². The molecule has 2 fully saturated rings. The van der Waals surface area contributed by atoms with Crippen molar-refractivity contribution in [3.8, 4) is 0 Å². The Kier molecular flexibility index (Phi) is 2.07. The first-order valence-corrected chi connectivity index (χ1v) is 5.75. The number of carbonyl (C=O) groups is 1. The van der Waals surface area contributed by atoms with Crippen molar-refractivity contribution in [3.05, 3.63) is 0 Å². The summed E-state index contributed by atoms with van der Waals surface area (Å²) in [5, 5.41) is 0. The van der Waals surface area contributed by atoms with Gasteiger partial charge in [0.25, 0.3) is 0 Å². The van der Waals surface area contributed by atoms with Crippen molar-refractivity contribution in [1.82, 2.24) is 4.90 Å². The number of thioether (sulfide) groups is 1. The Bertz CT molecular complexity index is 195. The van der Waals surface area contributed by atoms with Gasteiger partial charge in [0.2, 0.25) is 5.91 Å². The van der Waals surface area contributed by atoms with E-state index in [1.807, 2.05) is 16.7 Å². The van der Waals surface area contributed by atoms with Crippen LogP contribution in [0.3, 0.4) is 0 Å². The second-order valence-electron chi connectivity index (χ2n) is 4.02. The van der Waals surface area contributed by atoms with Gasteiger partial charge in [-0.15, -0.1) is 11.8 Å². The molecule has 0 aromatic heterocycles. The van der Waals surface area contributed by atoms with Gasteiger partial charge < -0.3 is 4.90 Å². The highest BCUT2D eigenvalue weighted by Crippen LogP contribution is 2.42. The summed E-state index contributed by atoms with van der Waals surface area (Å²) in [6, 6.07) is 0. The highest BCUT2D eigenvalue weighted by molar-refractivity contribution is 7.99. The molecule has 1 heterocycles. The van der Waals surface area contributed by atoms with E-state index < -0.39 is 0 Å². The van der Waals surface area contributed by atoms with Gasteiger partial charge in [0.1, 0.15) is 0 Å². The van der Waals surface area contributed by atoms with Crippen molar-refractivity contribution >= 4 is 17.7 Å². The molecule has 0 radical (unpaired) electrons. The number of carbonyl (C=O) groups excluding carboxylic acids is 1. The van der Waals surface area contributed by atoms with Crippen molar-refractivity contribution < 1.29 is 4.79 Å². The molecular formula is C9H15NOS. The molecule has 0 bridgehead atoms. The van der Waals surface area contributed by atoms with Crippen molar-refractivity contribution in [2.45, 2.75) is 26.2 Å². The molecule has 3 heteroatoms. The molecule has 2 rings (SSSR count). The molecule has 2 aliphatic rings. The summed E-state index contributed by atoms with van der Waals surface area (Å²) in [6.07, 6.45) is 3.45. The lowest BCUT2D eigenvalue weighted by molar-refractivity contribution is -0.144. The highest BCUT2D eigenvalue weighted by atomic mass is 32.2. The van der Waals surface area contributed by atoms with Crippen LogP contribution in [-0.4, -0.2) is 29.0 Å². The van der Waals surface area contributed by atoms with E-state index >= 15 is 0 Å². The maximum Gasteiger partial charge on any atom is 0.229 e. The van der Waals surface area contributed by atoms with Gasteiger partial charge in [-0.3, -0.25) is 4.79 Å². The van der Waals surface area contributed by atoms with Crippen LogP contribution in [0.4, 0.5) is 0 Å². The van der Waals surface area contributed by atoms with Crippen LogP contribution in [0.25, 0.3) is 0 Å². The van der Waals surface area contributed by atoms with Crippen molar-refractivity contribution in [3.63, 3.8) is 0 Å². The minimum atomic E-state index is 0.0188. The van der Waals surface area contributed by atoms with Crippen LogP contribution in [0.2, 0.25) is 0 Å². The summed E-state index contributed by atoms with van der Waals surface area (Å²) in [7, 11) is 0. The third-order valence-electron chi connectivity index (χ3n) is 3.01. The zero-order valence-electron chi connectivity index (χ0n) is 7.51. The van der Waals surface area contributed by atoms with Gasteiger partial charge in [0.05, 0.1) is 5.88 Å². The number of rotatable bonds is 1. The number of nitrogens with zero attached hydrogens (tertiary/aromatic N) is 1. The number of hydrogen-bond acceptors (Lipinski definition) is 2. The van der Waals surface area contributed by atoms with E-state index in [1.165, 1.54) is 6.42 Å². The fourth-order valence-corrected chi connectivity index (χ4v) is 2.82. The Hall–Kier alpha value is -0.180. The lowest BCUT2D eigenvalue weighted by atomic mass is 9.69. The summed E-state index contributed by atoms with van der Waals surface area (Å²) >= 11 is 1.87. The summed E-state index contributed by atoms with van der Waals surface area (Å²) < 4.78 is 0. The van der Waals surface area contributed by atoms with Crippen LogP contribution >= 0.6 is 11.8 Å². The number of amides is 1. The molecule has 1 saturated heterocycles. The Morgan fingerprint density at radius 1 is 1.50 bits per heavy atom. The molecular weight excluding hydrogens is 170 g/mol. The predicted molar refractivity (Wildman–Crippen MR) is 51.0 cm³/mol. The van der Waals surface area contributed by atoms with Crippen molar-refractivity contribution in [2.24, 2.45) is 5.41 Å². The maximum atomic E-state index is 11.9. The highest BCUT2D eigenvalue weighted by Gasteiger charge is 2.42. The normalized spacial score (nSPS) is 26.9. The summed E-state index contributed by atoms with van der Waals surface area (Å²) in [5.74, 6) is 2.45. The minimum absolute atomic E-state index is 0.0188. The van der Waals surface area contributed by atoms with E-state index in [2.05, 4.69) is 6.92 Å². The van der Waals surface area contributed by atoms with Crippen LogP contribution in [-0.2, 0) is 4.79 Å². The van der Waals surface area contributed by atoms with E-state index in [9.17, 15) is 4.79 Å². The van der Waals surface area contributed by atoms with E-state index in [0.29, 0.717) is 5.91 Å². The molecule has 0 spiro atoms. The molecule has 1 aliphatic heterocycles. The summed E-state index contributed by atoms with van der Waals surface area (Å²) in [6.45, 7) is 3.08. The topological polar surface area (TPSA) is 20.3 Å². The van der Waals surface area contributed by atoms with Crippen LogP contribution in [0.5, 0.6) is 0 Å². The van der Waals surface area contributed by atoms with Crippen LogP contribution in [0, 0.1) is 5.41 Å². The van der Waals surface area contributed by atoms with Gasteiger partial charge >= 0.3 is 0 Å². The van der Waals surface area contributed by atoms with E-state index in [1.54, 1.807) is 0 Å². The van der Waals surface area contributed by atoms with E-state index in [-0.39, 0.29) is 5.41 Å². The average Bonchev–Trinajstić information content (AvgIpc) is 2.50. The first-order valence-electron chi connectivity index (χ1n) is 4.59. The molecule has 1 saturated carbocycles. The van der Waals surface area contributed by atoms with Crippen molar-refractivity contribution in [2.75, 3.05) is 18.2 Å². The van der Waals surface area contributed by atoms with E-state index in [4.69, 9.17) is 0 Å². The third-order valence-corrected chi connectivity index (χ3v) is 3.98. The smallest absolute Gasteiger partial charge is 0.229 e. The zero-order chi connectivity index (χ0) is 8.60.